The lowest BCUT2D eigenvalue weighted by molar-refractivity contribution is -0.386. The number of hydrogen-bond acceptors (Lipinski definition) is 7. The highest BCUT2D eigenvalue weighted by Crippen LogP contribution is 2.35. The van der Waals surface area contributed by atoms with Crippen molar-refractivity contribution in [1.29, 1.82) is 0 Å². The Morgan fingerprint density at radius 1 is 0.870 bits per heavy atom. The number of benzene rings is 2. The smallest absolute Gasteiger partial charge is 0.318 e. The van der Waals surface area contributed by atoms with Crippen LogP contribution in [0.5, 0.6) is 17.2 Å². The summed E-state index contributed by atoms with van der Waals surface area (Å²) in [7, 11) is 0. The summed E-state index contributed by atoms with van der Waals surface area (Å²) >= 11 is 0. The van der Waals surface area contributed by atoms with Gasteiger partial charge >= 0.3 is 11.4 Å². The summed E-state index contributed by atoms with van der Waals surface area (Å²) in [5, 5.41) is 50.0. The van der Waals surface area contributed by atoms with Gasteiger partial charge in [-0.15, -0.1) is 0 Å². The van der Waals surface area contributed by atoms with E-state index in [1.54, 1.807) is 0 Å². The van der Waals surface area contributed by atoms with E-state index < -0.39 is 32.7 Å². The minimum atomic E-state index is -0.812. The first-order valence-electron chi connectivity index (χ1n) is 6.15. The Balaban J connectivity index is 2.47. The lowest BCUT2D eigenvalue weighted by atomic mass is 10.1. The van der Waals surface area contributed by atoms with E-state index in [-0.39, 0.29) is 11.3 Å². The highest BCUT2D eigenvalue weighted by Gasteiger charge is 2.19. The van der Waals surface area contributed by atoms with Crippen molar-refractivity contribution in [3.8, 4) is 17.2 Å². The van der Waals surface area contributed by atoms with Crippen LogP contribution in [0, 0.1) is 20.2 Å². The van der Waals surface area contributed by atoms with E-state index in [4.69, 9.17) is 0 Å². The SMILES string of the molecule is O=[N+]([O-])c1cc(C=Cc2cc(O)cc(O)c2[N+](=O)[O-])ccc1O. The maximum Gasteiger partial charge on any atom is 0.318 e. The predicted molar refractivity (Wildman–Crippen MR) is 80.1 cm³/mol. The monoisotopic (exact) mass is 318 g/mol. The summed E-state index contributed by atoms with van der Waals surface area (Å²) in [6, 6.07) is 5.48. The number of phenols is 3. The lowest BCUT2D eigenvalue weighted by Crippen LogP contribution is -1.92. The Morgan fingerprint density at radius 2 is 1.57 bits per heavy atom. The highest BCUT2D eigenvalue weighted by molar-refractivity contribution is 5.78. The van der Waals surface area contributed by atoms with Crippen LogP contribution in [0.2, 0.25) is 0 Å². The molecule has 2 aromatic carbocycles. The van der Waals surface area contributed by atoms with E-state index in [1.165, 1.54) is 18.2 Å². The van der Waals surface area contributed by atoms with E-state index in [0.29, 0.717) is 5.56 Å². The average molecular weight is 318 g/mol. The van der Waals surface area contributed by atoms with Gasteiger partial charge in [-0.3, -0.25) is 20.2 Å². The summed E-state index contributed by atoms with van der Waals surface area (Å²) in [5.41, 5.74) is -0.900. The molecule has 0 heterocycles. The van der Waals surface area contributed by atoms with Crippen molar-refractivity contribution in [2.75, 3.05) is 0 Å². The van der Waals surface area contributed by atoms with Crippen molar-refractivity contribution in [1.82, 2.24) is 0 Å². The fraction of sp³-hybridized carbons (Fsp3) is 0. The topological polar surface area (TPSA) is 147 Å². The van der Waals surface area contributed by atoms with Crippen LogP contribution >= 0.6 is 0 Å². The van der Waals surface area contributed by atoms with Crippen LogP contribution in [-0.4, -0.2) is 25.2 Å². The van der Waals surface area contributed by atoms with Gasteiger partial charge in [0.1, 0.15) is 5.75 Å². The number of nitro benzene ring substituents is 2. The molecule has 118 valence electrons. The molecule has 0 bridgehead atoms. The Kier molecular flexibility index (Phi) is 4.12. The summed E-state index contributed by atoms with van der Waals surface area (Å²) in [6.45, 7) is 0. The number of nitro groups is 2. The highest BCUT2D eigenvalue weighted by atomic mass is 16.6. The quantitative estimate of drug-likeness (QED) is 0.446. The number of hydrogen-bond donors (Lipinski definition) is 3. The van der Waals surface area contributed by atoms with Crippen LogP contribution in [0.4, 0.5) is 11.4 Å². The zero-order valence-electron chi connectivity index (χ0n) is 11.4. The molecule has 0 saturated carbocycles. The van der Waals surface area contributed by atoms with Gasteiger partial charge in [-0.25, -0.2) is 0 Å². The van der Waals surface area contributed by atoms with Gasteiger partial charge < -0.3 is 15.3 Å². The second-order valence-corrected chi connectivity index (χ2v) is 4.50. The standard InChI is InChI=1S/C14H10N2O7/c17-10-6-9(14(16(22)23)13(19)7-10)3-1-8-2-4-12(18)11(5-8)15(20)21/h1-7,17-19H. The second-order valence-electron chi connectivity index (χ2n) is 4.50. The van der Waals surface area contributed by atoms with Crippen LogP contribution in [0.3, 0.4) is 0 Å². The summed E-state index contributed by atoms with van der Waals surface area (Å²) in [5.74, 6) is -1.58. The van der Waals surface area contributed by atoms with E-state index in [0.717, 1.165) is 24.3 Å². The number of nitrogens with zero attached hydrogens (tertiary/aromatic N) is 2. The van der Waals surface area contributed by atoms with Crippen LogP contribution in [0.15, 0.2) is 30.3 Å². The van der Waals surface area contributed by atoms with Crippen LogP contribution in [-0.2, 0) is 0 Å². The molecule has 0 saturated heterocycles. The Labute approximate surface area is 128 Å². The van der Waals surface area contributed by atoms with Crippen molar-refractivity contribution in [2.45, 2.75) is 0 Å². The fourth-order valence-corrected chi connectivity index (χ4v) is 1.93. The molecule has 0 radical (unpaired) electrons. The van der Waals surface area contributed by atoms with Gasteiger partial charge in [0, 0.05) is 12.1 Å². The van der Waals surface area contributed by atoms with E-state index in [9.17, 15) is 35.5 Å². The molecular weight excluding hydrogens is 308 g/mol. The zero-order valence-corrected chi connectivity index (χ0v) is 11.4. The van der Waals surface area contributed by atoms with Gasteiger partial charge in [-0.1, -0.05) is 12.1 Å². The molecule has 0 aliphatic carbocycles. The molecular formula is C14H10N2O7. The van der Waals surface area contributed by atoms with Crippen LogP contribution in [0.25, 0.3) is 12.2 Å². The zero-order chi connectivity index (χ0) is 17.1. The number of rotatable bonds is 4. The van der Waals surface area contributed by atoms with E-state index in [2.05, 4.69) is 0 Å². The number of aromatic hydroxyl groups is 3. The Morgan fingerprint density at radius 3 is 2.17 bits per heavy atom. The average Bonchev–Trinajstić information content (AvgIpc) is 2.44. The summed E-state index contributed by atoms with van der Waals surface area (Å²) in [4.78, 5) is 20.1. The first-order chi connectivity index (χ1) is 10.8. The first kappa shape index (κ1) is 15.8. The Bertz CT molecular complexity index is 830. The normalized spacial score (nSPS) is 10.8. The summed E-state index contributed by atoms with van der Waals surface area (Å²) < 4.78 is 0. The molecule has 23 heavy (non-hydrogen) atoms. The molecule has 0 aliphatic heterocycles. The van der Waals surface area contributed by atoms with Gasteiger partial charge in [0.2, 0.25) is 0 Å². The van der Waals surface area contributed by atoms with Crippen molar-refractivity contribution < 1.29 is 25.2 Å². The largest absolute Gasteiger partial charge is 0.508 e. The molecule has 0 unspecified atom stereocenters. The second kappa shape index (κ2) is 6.02. The van der Waals surface area contributed by atoms with Gasteiger partial charge in [-0.05, 0) is 23.8 Å². The fourth-order valence-electron chi connectivity index (χ4n) is 1.93. The molecule has 0 aliphatic rings. The molecule has 3 N–H and O–H groups in total. The van der Waals surface area contributed by atoms with Crippen LogP contribution < -0.4 is 0 Å². The molecule has 2 rings (SSSR count). The van der Waals surface area contributed by atoms with Gasteiger partial charge in [0.05, 0.1) is 15.4 Å². The van der Waals surface area contributed by atoms with Gasteiger partial charge in [0.25, 0.3) is 0 Å². The predicted octanol–water partition coefficient (Wildman–Crippen LogP) is 2.79. The minimum absolute atomic E-state index is 0.0803. The molecule has 2 aromatic rings. The molecule has 9 heteroatoms. The third-order valence-electron chi connectivity index (χ3n) is 2.94. The van der Waals surface area contributed by atoms with Crippen molar-refractivity contribution in [2.24, 2.45) is 0 Å². The maximum atomic E-state index is 11.0. The third-order valence-corrected chi connectivity index (χ3v) is 2.94. The molecule has 0 amide bonds. The maximum absolute atomic E-state index is 11.0. The Hall–Kier alpha value is -3.62. The van der Waals surface area contributed by atoms with Crippen molar-refractivity contribution in [3.63, 3.8) is 0 Å². The van der Waals surface area contributed by atoms with Crippen LogP contribution in [0.1, 0.15) is 11.1 Å². The first-order valence-corrected chi connectivity index (χ1v) is 6.15. The molecule has 0 spiro atoms. The van der Waals surface area contributed by atoms with Crippen molar-refractivity contribution in [3.05, 3.63) is 61.7 Å². The van der Waals surface area contributed by atoms with E-state index >= 15 is 0 Å². The third kappa shape index (κ3) is 3.35. The van der Waals surface area contributed by atoms with Crippen molar-refractivity contribution >= 4 is 23.5 Å². The van der Waals surface area contributed by atoms with Gasteiger partial charge in [0.15, 0.2) is 11.5 Å². The molecule has 9 nitrogen and oxygen atoms in total. The molecule has 0 fully saturated rings. The van der Waals surface area contributed by atoms with Gasteiger partial charge in [-0.2, -0.15) is 0 Å². The molecule has 0 atom stereocenters. The molecule has 0 aromatic heterocycles. The lowest BCUT2D eigenvalue weighted by Gasteiger charge is -2.02. The minimum Gasteiger partial charge on any atom is -0.508 e. The van der Waals surface area contributed by atoms with E-state index in [1.807, 2.05) is 0 Å². The summed E-state index contributed by atoms with van der Waals surface area (Å²) in [6.07, 6.45) is 2.53. The number of phenolic OH excluding ortho intramolecular Hbond substituents is 3.